The molecule has 1 aromatic carbocycles. The molecular formula is C19H19BrF3N3O6. The molecule has 174 valence electrons. The lowest BCUT2D eigenvalue weighted by Gasteiger charge is -2.43. The number of hydrogen-bond acceptors (Lipinski definition) is 8. The van der Waals surface area contributed by atoms with Gasteiger partial charge in [-0.15, -0.1) is 5.10 Å². The number of hydrogen-bond donors (Lipinski definition) is 0. The van der Waals surface area contributed by atoms with E-state index < -0.39 is 58.8 Å². The molecule has 0 amide bonds. The number of alkyl halides is 1. The van der Waals surface area contributed by atoms with Gasteiger partial charge in [-0.05, 0) is 12.1 Å². The molecule has 0 bridgehead atoms. The topological polar surface area (TPSA) is 102 Å². The molecule has 0 N–H and O–H groups in total. The number of benzene rings is 1. The quantitative estimate of drug-likeness (QED) is 0.324. The van der Waals surface area contributed by atoms with Gasteiger partial charge in [0.2, 0.25) is 0 Å². The lowest BCUT2D eigenvalue weighted by molar-refractivity contribution is -0.201. The molecule has 0 unspecified atom stereocenters. The number of ether oxygens (including phenoxy) is 4. The van der Waals surface area contributed by atoms with Gasteiger partial charge in [0.05, 0.1) is 19.7 Å². The molecule has 5 atom stereocenters. The van der Waals surface area contributed by atoms with E-state index in [1.54, 1.807) is 0 Å². The predicted octanol–water partition coefficient (Wildman–Crippen LogP) is 2.53. The minimum atomic E-state index is -1.60. The van der Waals surface area contributed by atoms with Crippen LogP contribution < -0.4 is 0 Å². The summed E-state index contributed by atoms with van der Waals surface area (Å²) in [6.07, 6.45) is -1.66. The molecule has 1 aliphatic rings. The highest BCUT2D eigenvalue weighted by Gasteiger charge is 2.49. The van der Waals surface area contributed by atoms with E-state index >= 15 is 0 Å². The highest BCUT2D eigenvalue weighted by molar-refractivity contribution is 9.09. The fourth-order valence-electron chi connectivity index (χ4n) is 3.44. The number of rotatable bonds is 6. The largest absolute Gasteiger partial charge is 0.469 e. The van der Waals surface area contributed by atoms with Crippen molar-refractivity contribution in [3.8, 4) is 11.3 Å². The summed E-state index contributed by atoms with van der Waals surface area (Å²) in [5.41, 5.74) is -0.0272. The lowest BCUT2D eigenvalue weighted by Crippen LogP contribution is -2.55. The molecule has 9 nitrogen and oxygen atoms in total. The Morgan fingerprint density at radius 1 is 1.19 bits per heavy atom. The predicted molar refractivity (Wildman–Crippen MR) is 105 cm³/mol. The second-order valence-electron chi connectivity index (χ2n) is 6.91. The van der Waals surface area contributed by atoms with Crippen molar-refractivity contribution < 1.29 is 41.7 Å². The summed E-state index contributed by atoms with van der Waals surface area (Å²) in [6, 6.07) is 0.705. The van der Waals surface area contributed by atoms with Crippen LogP contribution in [0.4, 0.5) is 13.2 Å². The molecule has 2 aromatic rings. The van der Waals surface area contributed by atoms with Crippen LogP contribution in [-0.2, 0) is 28.5 Å². The van der Waals surface area contributed by atoms with Crippen molar-refractivity contribution in [2.24, 2.45) is 0 Å². The Balaban J connectivity index is 2.03. The standard InChI is InChI=1S/C19H19BrF3N3O6/c1-8(27)31-17-13(6-14(28)29-2)32-19(20)18(30-3)16(17)26-7-12(24-25-26)9-4-10(21)15(23)11(22)5-9/h4-5,7,13,16-19H,6H2,1-3H3/t13-,16+,17+,18-,19+/m1/s1. The number of carbonyl (C=O) groups is 2. The second-order valence-corrected chi connectivity index (χ2v) is 7.81. The fraction of sp³-hybridized carbons (Fsp3) is 0.474. The summed E-state index contributed by atoms with van der Waals surface area (Å²) >= 11 is 3.34. The van der Waals surface area contributed by atoms with Crippen LogP contribution in [0.1, 0.15) is 19.4 Å². The number of esters is 2. The maximum atomic E-state index is 13.7. The van der Waals surface area contributed by atoms with Crippen molar-refractivity contribution in [2.45, 2.75) is 42.7 Å². The summed E-state index contributed by atoms with van der Waals surface area (Å²) in [5.74, 6) is -5.62. The molecule has 0 radical (unpaired) electrons. The molecule has 3 rings (SSSR count). The number of halogens is 4. The van der Waals surface area contributed by atoms with Crippen molar-refractivity contribution in [3.05, 3.63) is 35.8 Å². The Bertz CT molecular complexity index is 983. The van der Waals surface area contributed by atoms with E-state index in [-0.39, 0.29) is 17.7 Å². The number of methoxy groups -OCH3 is 2. The SMILES string of the molecule is COC(=O)C[C@H]1O[C@H](Br)[C@H](OC)[C@@H](n2cc(-c3cc(F)c(F)c(F)c3)nn2)[C@H]1OC(C)=O. The fourth-order valence-corrected chi connectivity index (χ4v) is 4.24. The summed E-state index contributed by atoms with van der Waals surface area (Å²) in [7, 11) is 2.60. The molecule has 13 heteroatoms. The average Bonchev–Trinajstić information content (AvgIpc) is 3.22. The van der Waals surface area contributed by atoms with Gasteiger partial charge in [-0.2, -0.15) is 0 Å². The zero-order chi connectivity index (χ0) is 23.6. The first kappa shape index (κ1) is 24.1. The normalized spacial score (nSPS) is 25.4. The van der Waals surface area contributed by atoms with E-state index in [2.05, 4.69) is 31.0 Å². The first-order valence-corrected chi connectivity index (χ1v) is 10.2. The molecule has 2 heterocycles. The number of nitrogens with zero attached hydrogens (tertiary/aromatic N) is 3. The Morgan fingerprint density at radius 2 is 1.84 bits per heavy atom. The molecule has 0 aliphatic carbocycles. The summed E-state index contributed by atoms with van der Waals surface area (Å²) in [5, 5.41) is 7.14. The van der Waals surface area contributed by atoms with Crippen molar-refractivity contribution in [2.75, 3.05) is 14.2 Å². The molecular weight excluding hydrogens is 503 g/mol. The molecule has 32 heavy (non-hydrogen) atoms. The maximum Gasteiger partial charge on any atom is 0.308 e. The van der Waals surface area contributed by atoms with Gasteiger partial charge in [0.15, 0.2) is 23.6 Å². The van der Waals surface area contributed by atoms with E-state index in [4.69, 9.17) is 14.2 Å². The average molecular weight is 522 g/mol. The first-order valence-electron chi connectivity index (χ1n) is 9.29. The molecule has 1 aliphatic heterocycles. The Labute approximate surface area is 188 Å². The van der Waals surface area contributed by atoms with Crippen molar-refractivity contribution in [1.29, 1.82) is 0 Å². The van der Waals surface area contributed by atoms with Gasteiger partial charge in [-0.25, -0.2) is 17.9 Å². The summed E-state index contributed by atoms with van der Waals surface area (Å²) in [4.78, 5) is 23.7. The van der Waals surface area contributed by atoms with Gasteiger partial charge in [-0.1, -0.05) is 21.1 Å². The van der Waals surface area contributed by atoms with E-state index in [1.807, 2.05) is 0 Å². The van der Waals surface area contributed by atoms with Crippen LogP contribution in [-0.4, -0.2) is 64.5 Å². The Hall–Kier alpha value is -2.51. The second kappa shape index (κ2) is 9.96. The van der Waals surface area contributed by atoms with Crippen LogP contribution in [0.15, 0.2) is 18.3 Å². The van der Waals surface area contributed by atoms with Crippen LogP contribution in [0, 0.1) is 17.5 Å². The van der Waals surface area contributed by atoms with Crippen LogP contribution in [0.2, 0.25) is 0 Å². The van der Waals surface area contributed by atoms with Gasteiger partial charge < -0.3 is 18.9 Å². The third kappa shape index (κ3) is 4.94. The number of carbonyl (C=O) groups excluding carboxylic acids is 2. The van der Waals surface area contributed by atoms with Crippen LogP contribution in [0.5, 0.6) is 0 Å². The molecule has 1 saturated heterocycles. The van der Waals surface area contributed by atoms with Crippen molar-refractivity contribution >= 4 is 27.9 Å². The monoisotopic (exact) mass is 521 g/mol. The molecule has 1 aromatic heterocycles. The van der Waals surface area contributed by atoms with Gasteiger partial charge in [0.1, 0.15) is 29.0 Å². The minimum Gasteiger partial charge on any atom is -0.469 e. The van der Waals surface area contributed by atoms with E-state index in [1.165, 1.54) is 32.0 Å². The lowest BCUT2D eigenvalue weighted by atomic mass is 9.94. The van der Waals surface area contributed by atoms with Crippen LogP contribution in [0.25, 0.3) is 11.3 Å². The Morgan fingerprint density at radius 3 is 2.41 bits per heavy atom. The van der Waals surface area contributed by atoms with Gasteiger partial charge in [0.25, 0.3) is 0 Å². The van der Waals surface area contributed by atoms with E-state index in [9.17, 15) is 22.8 Å². The molecule has 1 fully saturated rings. The molecule has 0 saturated carbocycles. The smallest absolute Gasteiger partial charge is 0.308 e. The number of aromatic nitrogens is 3. The zero-order valence-electron chi connectivity index (χ0n) is 17.1. The van der Waals surface area contributed by atoms with Crippen molar-refractivity contribution in [3.63, 3.8) is 0 Å². The van der Waals surface area contributed by atoms with E-state index in [0.29, 0.717) is 0 Å². The Kier molecular flexibility index (Phi) is 7.51. The van der Waals surface area contributed by atoms with Crippen molar-refractivity contribution in [1.82, 2.24) is 15.0 Å². The van der Waals surface area contributed by atoms with Gasteiger partial charge in [-0.3, -0.25) is 9.59 Å². The van der Waals surface area contributed by atoms with Crippen LogP contribution >= 0.6 is 15.9 Å². The highest BCUT2D eigenvalue weighted by Crippen LogP contribution is 2.38. The highest BCUT2D eigenvalue weighted by atomic mass is 79.9. The van der Waals surface area contributed by atoms with Gasteiger partial charge >= 0.3 is 11.9 Å². The minimum absolute atomic E-state index is 0.0290. The van der Waals surface area contributed by atoms with Crippen LogP contribution in [0.3, 0.4) is 0 Å². The first-order chi connectivity index (χ1) is 15.2. The molecule has 0 spiro atoms. The van der Waals surface area contributed by atoms with E-state index in [0.717, 1.165) is 12.1 Å². The summed E-state index contributed by atoms with van der Waals surface area (Å²) < 4.78 is 63.3. The maximum absolute atomic E-state index is 13.7. The van der Waals surface area contributed by atoms with Gasteiger partial charge in [0, 0.05) is 19.6 Å². The third-order valence-electron chi connectivity index (χ3n) is 4.87. The third-order valence-corrected chi connectivity index (χ3v) is 5.60. The summed E-state index contributed by atoms with van der Waals surface area (Å²) in [6.45, 7) is 1.19. The zero-order valence-corrected chi connectivity index (χ0v) is 18.7.